The number of alkyl halides is 1. The zero-order chi connectivity index (χ0) is 12.5. The second-order valence-electron chi connectivity index (χ2n) is 4.00. The van der Waals surface area contributed by atoms with E-state index in [1.165, 1.54) is 11.3 Å². The van der Waals surface area contributed by atoms with Crippen LogP contribution in [0.3, 0.4) is 0 Å². The minimum Gasteiger partial charge on any atom is -0.361 e. The maximum atomic E-state index is 12.9. The molecule has 0 saturated heterocycles. The van der Waals surface area contributed by atoms with Crippen LogP contribution >= 0.6 is 11.3 Å². The Morgan fingerprint density at radius 3 is 2.94 bits per heavy atom. The molecule has 0 unspecified atom stereocenters. The van der Waals surface area contributed by atoms with Crippen molar-refractivity contribution in [1.82, 2.24) is 4.98 Å². The van der Waals surface area contributed by atoms with E-state index in [9.17, 15) is 4.39 Å². The molecule has 0 aliphatic carbocycles. The lowest BCUT2D eigenvalue weighted by atomic mass is 10.0. The number of nitrogens with one attached hydrogen (secondary N) is 1. The first-order valence-corrected chi connectivity index (χ1v) is 6.42. The molecule has 3 heteroatoms. The van der Waals surface area contributed by atoms with E-state index in [0.29, 0.717) is 0 Å². The average Bonchev–Trinajstić information content (AvgIpc) is 3.03. The van der Waals surface area contributed by atoms with E-state index in [0.717, 1.165) is 32.5 Å². The summed E-state index contributed by atoms with van der Waals surface area (Å²) < 4.78 is 12.9. The highest BCUT2D eigenvalue weighted by atomic mass is 32.1. The molecule has 0 bridgehead atoms. The lowest BCUT2D eigenvalue weighted by molar-refractivity contribution is 0.492. The monoisotopic (exact) mass is 255 g/mol. The number of aromatic nitrogens is 1. The maximum absolute atomic E-state index is 12.9. The van der Waals surface area contributed by atoms with Gasteiger partial charge < -0.3 is 4.98 Å². The lowest BCUT2D eigenvalue weighted by Crippen LogP contribution is -1.79. The van der Waals surface area contributed by atoms with Crippen LogP contribution in [-0.2, 0) is 6.67 Å². The summed E-state index contributed by atoms with van der Waals surface area (Å²) in [5.74, 6) is 2.62. The molecular formula is C15H10FNS. The van der Waals surface area contributed by atoms with Gasteiger partial charge in [0.05, 0.1) is 0 Å². The first kappa shape index (κ1) is 11.1. The van der Waals surface area contributed by atoms with Gasteiger partial charge in [0.2, 0.25) is 0 Å². The van der Waals surface area contributed by atoms with E-state index in [2.05, 4.69) is 10.9 Å². The van der Waals surface area contributed by atoms with Crippen molar-refractivity contribution in [3.63, 3.8) is 0 Å². The molecule has 2 heterocycles. The standard InChI is InChI=1S/C15H10FNS/c1-2-10-3-4-14-12(7-10)13(9-17-14)11-5-6-18-15(11)8-16/h1,3-7,9,17H,8H2. The third kappa shape index (κ3) is 1.62. The molecule has 0 radical (unpaired) electrons. The van der Waals surface area contributed by atoms with Gasteiger partial charge in [0.15, 0.2) is 0 Å². The van der Waals surface area contributed by atoms with E-state index < -0.39 is 6.67 Å². The first-order chi connectivity index (χ1) is 8.83. The van der Waals surface area contributed by atoms with Gasteiger partial charge in [0.1, 0.15) is 6.67 Å². The topological polar surface area (TPSA) is 15.8 Å². The molecule has 0 amide bonds. The van der Waals surface area contributed by atoms with Crippen LogP contribution in [0.15, 0.2) is 35.8 Å². The molecule has 0 spiro atoms. The highest BCUT2D eigenvalue weighted by molar-refractivity contribution is 7.10. The molecule has 18 heavy (non-hydrogen) atoms. The number of fused-ring (bicyclic) bond motifs is 1. The van der Waals surface area contributed by atoms with Gasteiger partial charge in [-0.2, -0.15) is 0 Å². The molecule has 3 rings (SSSR count). The summed E-state index contributed by atoms with van der Waals surface area (Å²) >= 11 is 1.44. The Balaban J connectivity index is 2.27. The van der Waals surface area contributed by atoms with E-state index in [1.807, 2.05) is 35.8 Å². The Morgan fingerprint density at radius 1 is 1.28 bits per heavy atom. The lowest BCUT2D eigenvalue weighted by Gasteiger charge is -1.99. The summed E-state index contributed by atoms with van der Waals surface area (Å²) in [6, 6.07) is 7.76. The Labute approximate surface area is 108 Å². The molecule has 88 valence electrons. The van der Waals surface area contributed by atoms with Crippen molar-refractivity contribution >= 4 is 22.2 Å². The molecule has 3 aromatic rings. The second kappa shape index (κ2) is 4.32. The normalized spacial score (nSPS) is 10.7. The fourth-order valence-electron chi connectivity index (χ4n) is 2.12. The third-order valence-corrected chi connectivity index (χ3v) is 3.89. The predicted molar refractivity (Wildman–Crippen MR) is 74.4 cm³/mol. The van der Waals surface area contributed by atoms with Crippen LogP contribution in [0, 0.1) is 12.3 Å². The molecule has 2 aromatic heterocycles. The number of halogens is 1. The largest absolute Gasteiger partial charge is 0.361 e. The Morgan fingerprint density at radius 2 is 2.17 bits per heavy atom. The molecule has 0 fully saturated rings. The molecule has 0 aliphatic rings. The highest BCUT2D eigenvalue weighted by Gasteiger charge is 2.11. The van der Waals surface area contributed by atoms with Crippen molar-refractivity contribution in [2.45, 2.75) is 6.67 Å². The summed E-state index contributed by atoms with van der Waals surface area (Å²) in [6.45, 7) is -0.436. The fraction of sp³-hybridized carbons (Fsp3) is 0.0667. The van der Waals surface area contributed by atoms with Gasteiger partial charge in [0.25, 0.3) is 0 Å². The molecular weight excluding hydrogens is 245 g/mol. The van der Waals surface area contributed by atoms with Crippen LogP contribution < -0.4 is 0 Å². The first-order valence-electron chi connectivity index (χ1n) is 5.54. The van der Waals surface area contributed by atoms with E-state index in [4.69, 9.17) is 6.42 Å². The summed E-state index contributed by atoms with van der Waals surface area (Å²) in [7, 11) is 0. The minimum atomic E-state index is -0.436. The van der Waals surface area contributed by atoms with Crippen molar-refractivity contribution in [2.75, 3.05) is 0 Å². The second-order valence-corrected chi connectivity index (χ2v) is 5.00. The van der Waals surface area contributed by atoms with Crippen LogP contribution in [0.25, 0.3) is 22.0 Å². The van der Waals surface area contributed by atoms with E-state index >= 15 is 0 Å². The predicted octanol–water partition coefficient (Wildman–Crippen LogP) is 4.35. The van der Waals surface area contributed by atoms with Crippen molar-refractivity contribution in [2.24, 2.45) is 0 Å². The minimum absolute atomic E-state index is 0.436. The molecule has 1 nitrogen and oxygen atoms in total. The number of benzene rings is 1. The number of rotatable bonds is 2. The Hall–Kier alpha value is -2.05. The number of H-pyrrole nitrogens is 1. The smallest absolute Gasteiger partial charge is 0.124 e. The molecule has 1 aromatic carbocycles. The summed E-state index contributed by atoms with van der Waals surface area (Å²) in [6.07, 6.45) is 7.33. The molecule has 0 saturated carbocycles. The Kier molecular flexibility index (Phi) is 2.66. The van der Waals surface area contributed by atoms with Crippen molar-refractivity contribution in [3.05, 3.63) is 46.3 Å². The van der Waals surface area contributed by atoms with E-state index in [1.54, 1.807) is 0 Å². The van der Waals surface area contributed by atoms with Gasteiger partial charge in [-0.1, -0.05) is 5.92 Å². The van der Waals surface area contributed by atoms with Crippen molar-refractivity contribution < 1.29 is 4.39 Å². The summed E-state index contributed by atoms with van der Waals surface area (Å²) in [5.41, 5.74) is 3.80. The van der Waals surface area contributed by atoms with E-state index in [-0.39, 0.29) is 0 Å². The summed E-state index contributed by atoms with van der Waals surface area (Å²) in [5, 5.41) is 2.95. The molecule has 0 aliphatic heterocycles. The number of aromatic amines is 1. The maximum Gasteiger partial charge on any atom is 0.124 e. The third-order valence-electron chi connectivity index (χ3n) is 3.01. The number of terminal acetylenes is 1. The molecule has 1 N–H and O–H groups in total. The number of hydrogen-bond donors (Lipinski definition) is 1. The van der Waals surface area contributed by atoms with Crippen LogP contribution in [-0.4, -0.2) is 4.98 Å². The van der Waals surface area contributed by atoms with Crippen LogP contribution in [0.1, 0.15) is 10.4 Å². The zero-order valence-corrected chi connectivity index (χ0v) is 10.4. The zero-order valence-electron chi connectivity index (χ0n) is 9.53. The van der Waals surface area contributed by atoms with Crippen molar-refractivity contribution in [3.8, 4) is 23.5 Å². The van der Waals surface area contributed by atoms with Crippen LogP contribution in [0.4, 0.5) is 4.39 Å². The fourth-order valence-corrected chi connectivity index (χ4v) is 2.85. The Bertz CT molecular complexity index is 745. The average molecular weight is 255 g/mol. The van der Waals surface area contributed by atoms with Gasteiger partial charge in [-0.05, 0) is 29.6 Å². The van der Waals surface area contributed by atoms with Gasteiger partial charge in [0, 0.05) is 38.7 Å². The van der Waals surface area contributed by atoms with Crippen molar-refractivity contribution in [1.29, 1.82) is 0 Å². The number of hydrogen-bond acceptors (Lipinski definition) is 1. The summed E-state index contributed by atoms with van der Waals surface area (Å²) in [4.78, 5) is 3.94. The van der Waals surface area contributed by atoms with Gasteiger partial charge >= 0.3 is 0 Å². The highest BCUT2D eigenvalue weighted by Crippen LogP contribution is 2.34. The van der Waals surface area contributed by atoms with Gasteiger partial charge in [-0.3, -0.25) is 0 Å². The van der Waals surface area contributed by atoms with Crippen LogP contribution in [0.5, 0.6) is 0 Å². The SMILES string of the molecule is C#Cc1ccc2[nH]cc(-c3ccsc3CF)c2c1. The number of thiophene rings is 1. The van der Waals surface area contributed by atoms with Gasteiger partial charge in [-0.25, -0.2) is 4.39 Å². The van der Waals surface area contributed by atoms with Crippen LogP contribution in [0.2, 0.25) is 0 Å². The van der Waals surface area contributed by atoms with Gasteiger partial charge in [-0.15, -0.1) is 17.8 Å². The quantitative estimate of drug-likeness (QED) is 0.655. The molecule has 0 atom stereocenters.